The van der Waals surface area contributed by atoms with Crippen LogP contribution in [0.15, 0.2) is 42.5 Å². The normalized spacial score (nSPS) is 16.8. The maximum atomic E-state index is 12.0. The first kappa shape index (κ1) is 14.6. The van der Waals surface area contributed by atoms with Crippen LogP contribution < -0.4 is 10.1 Å². The van der Waals surface area contributed by atoms with Crippen LogP contribution in [0.25, 0.3) is 0 Å². The second-order valence-corrected chi connectivity index (χ2v) is 6.03. The Kier molecular flexibility index (Phi) is 3.41. The summed E-state index contributed by atoms with van der Waals surface area (Å²) in [7, 11) is 1.58. The van der Waals surface area contributed by atoms with Gasteiger partial charge in [0.1, 0.15) is 11.9 Å². The fraction of sp³-hybridized carbons (Fsp3) is 0.278. The monoisotopic (exact) mass is 297 g/mol. The molecule has 2 N–H and O–H groups in total. The number of nitrogens with one attached hydrogen (secondary N) is 1. The Morgan fingerprint density at radius 2 is 1.91 bits per heavy atom. The standard InChI is InChI=1S/C18H19NO3/c1-18(2)13-10-11(8-9-14(13)19-17(18)21)16(20)12-6-4-5-7-15(12)22-3/h4-10,16,20H,1-3H3,(H,19,21). The molecule has 2 aromatic carbocycles. The Balaban J connectivity index is 2.04. The summed E-state index contributed by atoms with van der Waals surface area (Å²) in [6.07, 6.45) is -0.798. The molecule has 1 aliphatic heterocycles. The van der Waals surface area contributed by atoms with Gasteiger partial charge in [-0.25, -0.2) is 0 Å². The number of hydrogen-bond acceptors (Lipinski definition) is 3. The number of hydrogen-bond donors (Lipinski definition) is 2. The number of fused-ring (bicyclic) bond motifs is 1. The molecule has 3 rings (SSSR count). The van der Waals surface area contributed by atoms with Gasteiger partial charge >= 0.3 is 0 Å². The van der Waals surface area contributed by atoms with E-state index in [-0.39, 0.29) is 5.91 Å². The van der Waals surface area contributed by atoms with Crippen molar-refractivity contribution in [2.24, 2.45) is 0 Å². The fourth-order valence-corrected chi connectivity index (χ4v) is 2.83. The summed E-state index contributed by atoms with van der Waals surface area (Å²) in [5.74, 6) is 0.621. The highest BCUT2D eigenvalue weighted by Crippen LogP contribution is 2.40. The SMILES string of the molecule is COc1ccccc1C(O)c1ccc2c(c1)C(C)(C)C(=O)N2. The van der Waals surface area contributed by atoms with Crippen molar-refractivity contribution >= 4 is 11.6 Å². The number of aliphatic hydroxyl groups excluding tert-OH is 1. The molecule has 4 heteroatoms. The fourth-order valence-electron chi connectivity index (χ4n) is 2.83. The number of rotatable bonds is 3. The van der Waals surface area contributed by atoms with E-state index >= 15 is 0 Å². The molecule has 114 valence electrons. The molecule has 0 aliphatic carbocycles. The lowest BCUT2D eigenvalue weighted by molar-refractivity contribution is -0.119. The summed E-state index contributed by atoms with van der Waals surface area (Å²) < 4.78 is 5.31. The van der Waals surface area contributed by atoms with Gasteiger partial charge in [0.2, 0.25) is 5.91 Å². The molecular formula is C18H19NO3. The number of carbonyl (C=O) groups is 1. The summed E-state index contributed by atoms with van der Waals surface area (Å²) >= 11 is 0. The molecule has 1 atom stereocenters. The van der Waals surface area contributed by atoms with Crippen molar-refractivity contribution in [3.63, 3.8) is 0 Å². The third kappa shape index (κ3) is 2.16. The van der Waals surface area contributed by atoms with Crippen molar-refractivity contribution < 1.29 is 14.6 Å². The van der Waals surface area contributed by atoms with Gasteiger partial charge in [-0.1, -0.05) is 24.3 Å². The molecule has 4 nitrogen and oxygen atoms in total. The van der Waals surface area contributed by atoms with Crippen LogP contribution in [0.2, 0.25) is 0 Å². The first-order valence-electron chi connectivity index (χ1n) is 7.22. The van der Waals surface area contributed by atoms with Gasteiger partial charge in [0.05, 0.1) is 12.5 Å². The van der Waals surface area contributed by atoms with Gasteiger partial charge in [-0.2, -0.15) is 0 Å². The van der Waals surface area contributed by atoms with E-state index in [0.29, 0.717) is 11.3 Å². The van der Waals surface area contributed by atoms with E-state index in [1.165, 1.54) is 0 Å². The van der Waals surface area contributed by atoms with Crippen LogP contribution in [-0.4, -0.2) is 18.1 Å². The van der Waals surface area contributed by atoms with E-state index in [1.807, 2.05) is 56.3 Å². The lowest BCUT2D eigenvalue weighted by Gasteiger charge is -2.19. The third-order valence-corrected chi connectivity index (χ3v) is 4.28. The molecule has 2 aromatic rings. The van der Waals surface area contributed by atoms with Gasteiger partial charge in [-0.05, 0) is 43.2 Å². The van der Waals surface area contributed by atoms with Crippen molar-refractivity contribution in [1.29, 1.82) is 0 Å². The number of amides is 1. The average molecular weight is 297 g/mol. The van der Waals surface area contributed by atoms with Gasteiger partial charge in [0, 0.05) is 11.3 Å². The van der Waals surface area contributed by atoms with Crippen molar-refractivity contribution in [3.8, 4) is 5.75 Å². The van der Waals surface area contributed by atoms with Gasteiger partial charge < -0.3 is 15.2 Å². The number of aliphatic hydroxyl groups is 1. The summed E-state index contributed by atoms with van der Waals surface area (Å²) in [6.45, 7) is 3.76. The number of carbonyl (C=O) groups excluding carboxylic acids is 1. The van der Waals surface area contributed by atoms with Crippen LogP contribution >= 0.6 is 0 Å². The molecule has 0 fully saturated rings. The molecule has 0 saturated carbocycles. The molecule has 0 saturated heterocycles. The predicted octanol–water partition coefficient (Wildman–Crippen LogP) is 3.01. The number of para-hydroxylation sites is 1. The molecule has 0 radical (unpaired) electrons. The van der Waals surface area contributed by atoms with Crippen LogP contribution in [0.3, 0.4) is 0 Å². The molecule has 1 heterocycles. The van der Waals surface area contributed by atoms with Crippen LogP contribution in [0.5, 0.6) is 5.75 Å². The largest absolute Gasteiger partial charge is 0.496 e. The highest BCUT2D eigenvalue weighted by molar-refractivity contribution is 6.05. The number of anilines is 1. The van der Waals surface area contributed by atoms with Crippen LogP contribution in [0.1, 0.15) is 36.6 Å². The summed E-state index contributed by atoms with van der Waals surface area (Å²) in [5.41, 5.74) is 2.58. The lowest BCUT2D eigenvalue weighted by atomic mass is 9.84. The smallest absolute Gasteiger partial charge is 0.234 e. The number of benzene rings is 2. The molecule has 0 spiro atoms. The summed E-state index contributed by atoms with van der Waals surface area (Å²) in [5, 5.41) is 13.6. The van der Waals surface area contributed by atoms with E-state index in [1.54, 1.807) is 7.11 Å². The topological polar surface area (TPSA) is 58.6 Å². The number of methoxy groups -OCH3 is 1. The second kappa shape index (κ2) is 5.14. The zero-order chi connectivity index (χ0) is 15.9. The predicted molar refractivity (Wildman–Crippen MR) is 85.2 cm³/mol. The van der Waals surface area contributed by atoms with Crippen LogP contribution in [0, 0.1) is 0 Å². The first-order valence-corrected chi connectivity index (χ1v) is 7.22. The molecule has 1 unspecified atom stereocenters. The van der Waals surface area contributed by atoms with E-state index in [9.17, 15) is 9.90 Å². The Morgan fingerprint density at radius 1 is 1.18 bits per heavy atom. The first-order chi connectivity index (χ1) is 10.4. The van der Waals surface area contributed by atoms with E-state index < -0.39 is 11.5 Å². The maximum Gasteiger partial charge on any atom is 0.234 e. The van der Waals surface area contributed by atoms with Crippen molar-refractivity contribution in [2.75, 3.05) is 12.4 Å². The zero-order valence-corrected chi connectivity index (χ0v) is 12.9. The Bertz CT molecular complexity index is 737. The highest BCUT2D eigenvalue weighted by Gasteiger charge is 2.38. The second-order valence-electron chi connectivity index (χ2n) is 6.03. The summed E-state index contributed by atoms with van der Waals surface area (Å²) in [6, 6.07) is 13.0. The molecule has 0 aromatic heterocycles. The Morgan fingerprint density at radius 3 is 2.64 bits per heavy atom. The zero-order valence-electron chi connectivity index (χ0n) is 12.9. The van der Waals surface area contributed by atoms with Gasteiger partial charge in [-0.15, -0.1) is 0 Å². The van der Waals surface area contributed by atoms with Gasteiger partial charge in [-0.3, -0.25) is 4.79 Å². The molecule has 1 amide bonds. The maximum absolute atomic E-state index is 12.0. The van der Waals surface area contributed by atoms with Crippen molar-refractivity contribution in [1.82, 2.24) is 0 Å². The molecule has 0 bridgehead atoms. The van der Waals surface area contributed by atoms with E-state index in [0.717, 1.165) is 16.8 Å². The molecule has 1 aliphatic rings. The minimum atomic E-state index is -0.798. The van der Waals surface area contributed by atoms with E-state index in [2.05, 4.69) is 5.32 Å². The molecular weight excluding hydrogens is 278 g/mol. The highest BCUT2D eigenvalue weighted by atomic mass is 16.5. The van der Waals surface area contributed by atoms with Crippen LogP contribution in [-0.2, 0) is 10.2 Å². The van der Waals surface area contributed by atoms with E-state index in [4.69, 9.17) is 4.74 Å². The quantitative estimate of drug-likeness (QED) is 0.915. The van der Waals surface area contributed by atoms with Gasteiger partial charge in [0.25, 0.3) is 0 Å². The average Bonchev–Trinajstić information content (AvgIpc) is 2.76. The lowest BCUT2D eigenvalue weighted by Crippen LogP contribution is -2.26. The summed E-state index contributed by atoms with van der Waals surface area (Å²) in [4.78, 5) is 12.0. The van der Waals surface area contributed by atoms with Crippen molar-refractivity contribution in [2.45, 2.75) is 25.4 Å². The minimum absolute atomic E-state index is 0.0218. The van der Waals surface area contributed by atoms with Crippen LogP contribution in [0.4, 0.5) is 5.69 Å². The molecule has 22 heavy (non-hydrogen) atoms. The Labute approximate surface area is 129 Å². The van der Waals surface area contributed by atoms with Crippen molar-refractivity contribution in [3.05, 3.63) is 59.2 Å². The Hall–Kier alpha value is -2.33. The van der Waals surface area contributed by atoms with Gasteiger partial charge in [0.15, 0.2) is 0 Å². The number of ether oxygens (including phenoxy) is 1. The third-order valence-electron chi connectivity index (χ3n) is 4.28. The minimum Gasteiger partial charge on any atom is -0.496 e.